The third-order valence-electron chi connectivity index (χ3n) is 2.40. The van der Waals surface area contributed by atoms with E-state index < -0.39 is 17.5 Å². The molecule has 0 spiro atoms. The van der Waals surface area contributed by atoms with Gasteiger partial charge in [-0.05, 0) is 12.8 Å². The Labute approximate surface area is 106 Å². The quantitative estimate of drug-likeness (QED) is 0.624. The molecule has 0 rings (SSSR count). The Kier molecular flexibility index (Phi) is 9.37. The van der Waals surface area contributed by atoms with E-state index >= 15 is 0 Å². The molecule has 0 aliphatic rings. The van der Waals surface area contributed by atoms with E-state index in [-0.39, 0.29) is 6.10 Å². The largest absolute Gasteiger partial charge is 0.442 e. The summed E-state index contributed by atoms with van der Waals surface area (Å²) in [5, 5.41) is 0. The first-order valence-electron chi connectivity index (χ1n) is 5.96. The van der Waals surface area contributed by atoms with E-state index in [1.807, 2.05) is 0 Å². The minimum absolute atomic E-state index is 0.230. The van der Waals surface area contributed by atoms with Crippen LogP contribution in [0.4, 0.5) is 0 Å². The molecule has 17 heavy (non-hydrogen) atoms. The van der Waals surface area contributed by atoms with Crippen LogP contribution in [0.25, 0.3) is 0 Å². The van der Waals surface area contributed by atoms with Crippen LogP contribution in [0.5, 0.6) is 0 Å². The molecule has 104 valence electrons. The van der Waals surface area contributed by atoms with Crippen molar-refractivity contribution in [3.05, 3.63) is 0 Å². The molecule has 0 aromatic rings. The molecule has 5 nitrogen and oxygen atoms in total. The van der Waals surface area contributed by atoms with E-state index in [0.29, 0.717) is 0 Å². The summed E-state index contributed by atoms with van der Waals surface area (Å²) in [6, 6.07) is 0. The topological polar surface area (TPSA) is 72.8 Å². The van der Waals surface area contributed by atoms with E-state index in [2.05, 4.69) is 18.4 Å². The molecule has 0 amide bonds. The van der Waals surface area contributed by atoms with Gasteiger partial charge in [-0.1, -0.05) is 39.5 Å². The molecule has 2 unspecified atom stereocenters. The highest BCUT2D eigenvalue weighted by atomic mass is 32.8. The Bertz CT molecular complexity index is 263. The molecule has 0 bridgehead atoms. The minimum Gasteiger partial charge on any atom is -0.313 e. The third kappa shape index (κ3) is 7.32. The highest BCUT2D eigenvalue weighted by Gasteiger charge is 2.31. The van der Waals surface area contributed by atoms with Gasteiger partial charge >= 0.3 is 6.80 Å². The van der Waals surface area contributed by atoms with Gasteiger partial charge in [0.1, 0.15) is 0 Å². The molecule has 0 aromatic carbocycles. The summed E-state index contributed by atoms with van der Waals surface area (Å²) < 4.78 is 32.2. The molecule has 1 N–H and O–H groups in total. The second-order valence-electron chi connectivity index (χ2n) is 3.87. The Morgan fingerprint density at radius 1 is 1.24 bits per heavy atom. The molecule has 2 atom stereocenters. The fraction of sp³-hybridized carbons (Fsp3) is 1.00. The Morgan fingerprint density at radius 2 is 1.71 bits per heavy atom. The molecule has 0 heterocycles. The van der Waals surface area contributed by atoms with Crippen molar-refractivity contribution in [3.63, 3.8) is 0 Å². The zero-order chi connectivity index (χ0) is 13.3. The molecule has 0 fully saturated rings. The maximum absolute atomic E-state index is 11.5. The lowest BCUT2D eigenvalue weighted by Gasteiger charge is -2.17. The zero-order valence-corrected chi connectivity index (χ0v) is 12.5. The predicted octanol–water partition coefficient (Wildman–Crippen LogP) is 3.16. The van der Waals surface area contributed by atoms with Gasteiger partial charge in [-0.15, -0.1) is 0 Å². The first kappa shape index (κ1) is 17.3. The van der Waals surface area contributed by atoms with Crippen LogP contribution in [0.15, 0.2) is 0 Å². The van der Waals surface area contributed by atoms with Crippen LogP contribution >= 0.6 is 6.80 Å². The van der Waals surface area contributed by atoms with Crippen molar-refractivity contribution in [2.75, 3.05) is 7.11 Å². The van der Waals surface area contributed by atoms with Gasteiger partial charge < -0.3 is 9.42 Å². The van der Waals surface area contributed by atoms with Crippen LogP contribution in [0, 0.1) is 0 Å². The van der Waals surface area contributed by atoms with E-state index in [4.69, 9.17) is 4.18 Å². The highest BCUT2D eigenvalue weighted by Crippen LogP contribution is 2.46. The summed E-state index contributed by atoms with van der Waals surface area (Å²) in [4.78, 5) is 9.20. The van der Waals surface area contributed by atoms with Crippen LogP contribution in [0.3, 0.4) is 0 Å². The third-order valence-corrected chi connectivity index (χ3v) is 5.51. The van der Waals surface area contributed by atoms with E-state index in [1.165, 1.54) is 0 Å². The summed E-state index contributed by atoms with van der Waals surface area (Å²) in [7, 11) is -1.23. The van der Waals surface area contributed by atoms with Crippen molar-refractivity contribution >= 4 is 17.5 Å². The molecule has 0 aliphatic carbocycles. The van der Waals surface area contributed by atoms with Gasteiger partial charge in [0.15, 0.2) is 0 Å². The minimum atomic E-state index is -4.13. The van der Waals surface area contributed by atoms with E-state index in [9.17, 15) is 13.7 Å². The lowest BCUT2D eigenvalue weighted by atomic mass is 10.1. The maximum atomic E-state index is 11.5. The molecular weight excluding hydrogens is 263 g/mol. The smallest absolute Gasteiger partial charge is 0.313 e. The van der Waals surface area contributed by atoms with Crippen LogP contribution in [0.1, 0.15) is 52.4 Å². The van der Waals surface area contributed by atoms with Gasteiger partial charge in [0.2, 0.25) is 0 Å². The second kappa shape index (κ2) is 9.22. The normalized spacial score (nSPS) is 17.0. The van der Waals surface area contributed by atoms with Crippen molar-refractivity contribution in [1.82, 2.24) is 0 Å². The Morgan fingerprint density at radius 3 is 2.06 bits per heavy atom. The number of unbranched alkanes of at least 4 members (excludes halogenated alkanes) is 2. The van der Waals surface area contributed by atoms with Crippen molar-refractivity contribution < 1.29 is 22.4 Å². The van der Waals surface area contributed by atoms with Crippen molar-refractivity contribution in [2.24, 2.45) is 0 Å². The monoisotopic (exact) mass is 286 g/mol. The fourth-order valence-electron chi connectivity index (χ4n) is 1.34. The lowest BCUT2D eigenvalue weighted by Crippen LogP contribution is -2.15. The summed E-state index contributed by atoms with van der Waals surface area (Å²) in [6.45, 7) is -0.0216. The van der Waals surface area contributed by atoms with Gasteiger partial charge in [-0.3, -0.25) is 4.18 Å². The van der Waals surface area contributed by atoms with Crippen LogP contribution < -0.4 is 0 Å². The molecule has 7 heteroatoms. The zero-order valence-electron chi connectivity index (χ0n) is 10.8. The first-order valence-corrected chi connectivity index (χ1v) is 9.21. The molecule has 0 saturated heterocycles. The van der Waals surface area contributed by atoms with E-state index in [0.717, 1.165) is 45.6 Å². The van der Waals surface area contributed by atoms with Gasteiger partial charge in [-0.25, -0.2) is 8.77 Å². The second-order valence-corrected chi connectivity index (χ2v) is 8.08. The SMILES string of the molecule is CCCCC(CCCC)OS(=O)P(=O)(O)OC. The average molecular weight is 286 g/mol. The van der Waals surface area contributed by atoms with Gasteiger partial charge in [0.05, 0.1) is 6.10 Å². The predicted molar refractivity (Wildman–Crippen MR) is 68.9 cm³/mol. The summed E-state index contributed by atoms with van der Waals surface area (Å²) in [5.74, 6) is 0. The Hall–Kier alpha value is 0.260. The van der Waals surface area contributed by atoms with Crippen LogP contribution in [0.2, 0.25) is 0 Å². The van der Waals surface area contributed by atoms with Crippen molar-refractivity contribution in [2.45, 2.75) is 58.5 Å². The van der Waals surface area contributed by atoms with Gasteiger partial charge in [-0.2, -0.15) is 0 Å². The summed E-state index contributed by atoms with van der Waals surface area (Å²) in [5.41, 5.74) is 0. The van der Waals surface area contributed by atoms with Gasteiger partial charge in [0.25, 0.3) is 10.7 Å². The first-order chi connectivity index (χ1) is 7.97. The number of hydrogen-bond acceptors (Lipinski definition) is 4. The molecule has 0 radical (unpaired) electrons. The summed E-state index contributed by atoms with van der Waals surface area (Å²) >= 11 is 0. The van der Waals surface area contributed by atoms with Crippen molar-refractivity contribution in [3.8, 4) is 0 Å². The maximum Gasteiger partial charge on any atom is 0.442 e. The van der Waals surface area contributed by atoms with Gasteiger partial charge in [0, 0.05) is 7.11 Å². The summed E-state index contributed by atoms with van der Waals surface area (Å²) in [6.07, 6.45) is 5.21. The molecule has 0 saturated carbocycles. The van der Waals surface area contributed by atoms with Crippen LogP contribution in [-0.2, 0) is 24.0 Å². The molecule has 0 aliphatic heterocycles. The molecule has 0 aromatic heterocycles. The van der Waals surface area contributed by atoms with Crippen LogP contribution in [-0.4, -0.2) is 22.3 Å². The van der Waals surface area contributed by atoms with Crippen molar-refractivity contribution in [1.29, 1.82) is 0 Å². The standard InChI is InChI=1S/C10H23O5PS/c1-4-6-8-10(9-7-5-2)15-17(13)16(11,12)14-3/h10H,4-9H2,1-3H3,(H,11,12). The molecular formula is C10H23O5PS. The van der Waals surface area contributed by atoms with E-state index in [1.54, 1.807) is 0 Å². The number of rotatable bonds is 10. The highest BCUT2D eigenvalue weighted by molar-refractivity contribution is 8.43. The number of hydrogen-bond donors (Lipinski definition) is 1. The fourth-order valence-corrected chi connectivity index (χ4v) is 3.05. The Balaban J connectivity index is 4.30. The average Bonchev–Trinajstić information content (AvgIpc) is 2.32. The lowest BCUT2D eigenvalue weighted by molar-refractivity contribution is 0.195.